The molecule has 0 amide bonds. The van der Waals surface area contributed by atoms with Gasteiger partial charge in [-0.25, -0.2) is 0 Å². The Morgan fingerprint density at radius 1 is 0.576 bits per heavy atom. The van der Waals surface area contributed by atoms with Gasteiger partial charge in [-0.1, -0.05) is 23.5 Å². The lowest BCUT2D eigenvalue weighted by Gasteiger charge is -2.04. The standard InChI is InChI=1S/C18H34O6S9/c19-1-3-25-5-6-30-17(21)13-28-9-12-33(24)16-29-15-31-18(22)14-27-8-11-32(23)10-7-26-4-2-20/h19-20H,1-16H2. The number of carbonyl (C=O) groups excluding carboxylic acids is 2. The van der Waals surface area contributed by atoms with E-state index < -0.39 is 21.6 Å². The molecule has 0 aliphatic carbocycles. The van der Waals surface area contributed by atoms with Crippen LogP contribution in [0.15, 0.2) is 0 Å². The zero-order valence-corrected chi connectivity index (χ0v) is 25.9. The molecule has 0 bridgehead atoms. The second kappa shape index (κ2) is 27.1. The summed E-state index contributed by atoms with van der Waals surface area (Å²) in [4.78, 5) is 23.6. The summed E-state index contributed by atoms with van der Waals surface area (Å²) in [5.74, 6) is 7.74. The Kier molecular flexibility index (Phi) is 28.7. The molecule has 0 spiro atoms. The van der Waals surface area contributed by atoms with Crippen molar-refractivity contribution >= 4 is 114 Å². The summed E-state index contributed by atoms with van der Waals surface area (Å²) in [6, 6.07) is 0. The highest BCUT2D eigenvalue weighted by molar-refractivity contribution is 8.26. The zero-order valence-electron chi connectivity index (χ0n) is 18.5. The first kappa shape index (κ1) is 35.0. The normalized spacial score (nSPS) is 13.2. The van der Waals surface area contributed by atoms with Crippen molar-refractivity contribution < 1.29 is 28.2 Å². The molecule has 0 aromatic rings. The highest BCUT2D eigenvalue weighted by atomic mass is 32.2. The van der Waals surface area contributed by atoms with Crippen LogP contribution in [-0.4, -0.2) is 121 Å². The number of carbonyl (C=O) groups is 2. The van der Waals surface area contributed by atoms with Crippen molar-refractivity contribution in [2.75, 3.05) is 92.4 Å². The molecular formula is C18H34O6S9. The average molecular weight is 635 g/mol. The predicted octanol–water partition coefficient (Wildman–Crippen LogP) is 2.57. The molecule has 0 aliphatic rings. The Morgan fingerprint density at radius 2 is 1.09 bits per heavy atom. The van der Waals surface area contributed by atoms with Crippen molar-refractivity contribution in [1.82, 2.24) is 0 Å². The van der Waals surface area contributed by atoms with Gasteiger partial charge < -0.3 is 10.2 Å². The third-order valence-corrected chi connectivity index (χ3v) is 14.7. The van der Waals surface area contributed by atoms with E-state index in [1.807, 2.05) is 0 Å². The molecular weight excluding hydrogens is 601 g/mol. The Morgan fingerprint density at radius 3 is 1.70 bits per heavy atom. The third-order valence-electron chi connectivity index (χ3n) is 3.29. The van der Waals surface area contributed by atoms with Crippen molar-refractivity contribution in [3.63, 3.8) is 0 Å². The molecule has 0 rings (SSSR count). The Balaban J connectivity index is 3.50. The molecule has 0 aromatic carbocycles. The maximum atomic E-state index is 12.0. The summed E-state index contributed by atoms with van der Waals surface area (Å²) in [7, 11) is -1.83. The summed E-state index contributed by atoms with van der Waals surface area (Å²) in [6.45, 7) is 0.315. The first-order valence-electron chi connectivity index (χ1n) is 10.1. The highest BCUT2D eigenvalue weighted by Gasteiger charge is 2.08. The number of aliphatic hydroxyl groups is 2. The molecule has 0 aromatic heterocycles. The highest BCUT2D eigenvalue weighted by Crippen LogP contribution is 2.17. The van der Waals surface area contributed by atoms with E-state index in [0.29, 0.717) is 61.9 Å². The fourth-order valence-corrected chi connectivity index (χ4v) is 12.1. The van der Waals surface area contributed by atoms with E-state index in [0.717, 1.165) is 17.3 Å². The topological polar surface area (TPSA) is 109 Å². The van der Waals surface area contributed by atoms with Crippen LogP contribution in [0.4, 0.5) is 0 Å². The van der Waals surface area contributed by atoms with Crippen LogP contribution in [0.5, 0.6) is 0 Å². The summed E-state index contributed by atoms with van der Waals surface area (Å²) in [5.41, 5.74) is 0. The second-order valence-corrected chi connectivity index (χ2v) is 17.8. The minimum atomic E-state index is -0.957. The van der Waals surface area contributed by atoms with E-state index in [1.54, 1.807) is 23.5 Å². The van der Waals surface area contributed by atoms with Crippen molar-refractivity contribution in [1.29, 1.82) is 0 Å². The SMILES string of the molecule is O=C(CSCCS(=O)CSCSC(=O)CSCCS(=O)CCSCCO)SCCSCCO. The van der Waals surface area contributed by atoms with E-state index in [-0.39, 0.29) is 23.4 Å². The van der Waals surface area contributed by atoms with E-state index in [2.05, 4.69) is 0 Å². The van der Waals surface area contributed by atoms with Crippen molar-refractivity contribution in [2.45, 2.75) is 0 Å². The Bertz CT molecular complexity index is 553. The summed E-state index contributed by atoms with van der Waals surface area (Å²) in [5, 5.41) is 18.7. The number of rotatable bonds is 24. The van der Waals surface area contributed by atoms with Gasteiger partial charge in [-0.05, 0) is 0 Å². The van der Waals surface area contributed by atoms with Crippen molar-refractivity contribution in [3.8, 4) is 0 Å². The lowest BCUT2D eigenvalue weighted by atomic mass is 10.9. The number of aliphatic hydroxyl groups excluding tert-OH is 2. The fourth-order valence-electron chi connectivity index (χ4n) is 1.79. The lowest BCUT2D eigenvalue weighted by molar-refractivity contribution is -0.109. The van der Waals surface area contributed by atoms with Crippen LogP contribution in [0.1, 0.15) is 0 Å². The van der Waals surface area contributed by atoms with Crippen molar-refractivity contribution in [2.24, 2.45) is 0 Å². The molecule has 2 N–H and O–H groups in total. The molecule has 2 unspecified atom stereocenters. The third kappa shape index (κ3) is 26.9. The fraction of sp³-hybridized carbons (Fsp3) is 0.889. The molecule has 0 radical (unpaired) electrons. The Labute approximate surface area is 232 Å². The first-order valence-corrected chi connectivity index (χ1v) is 20.8. The zero-order chi connectivity index (χ0) is 24.6. The van der Waals surface area contributed by atoms with Crippen molar-refractivity contribution in [3.05, 3.63) is 0 Å². The van der Waals surface area contributed by atoms with Gasteiger partial charge in [0.1, 0.15) is 0 Å². The molecule has 0 saturated carbocycles. The number of hydrogen-bond acceptors (Lipinski definition) is 13. The van der Waals surface area contributed by atoms with Gasteiger partial charge >= 0.3 is 0 Å². The first-order chi connectivity index (χ1) is 16.0. The molecule has 33 heavy (non-hydrogen) atoms. The maximum Gasteiger partial charge on any atom is 0.199 e. The van der Waals surface area contributed by atoms with E-state index in [1.165, 1.54) is 58.8 Å². The quantitative estimate of drug-likeness (QED) is 0.120. The number of hydrogen-bond donors (Lipinski definition) is 2. The van der Waals surface area contributed by atoms with Gasteiger partial charge in [0.2, 0.25) is 0 Å². The van der Waals surface area contributed by atoms with Gasteiger partial charge in [-0.15, -0.1) is 11.8 Å². The summed E-state index contributed by atoms with van der Waals surface area (Å²) < 4.78 is 23.8. The molecule has 0 fully saturated rings. The van der Waals surface area contributed by atoms with E-state index in [4.69, 9.17) is 10.2 Å². The van der Waals surface area contributed by atoms with Gasteiger partial charge in [0.15, 0.2) is 10.2 Å². The van der Waals surface area contributed by atoms with E-state index in [9.17, 15) is 18.0 Å². The van der Waals surface area contributed by atoms with Crippen LogP contribution in [0, 0.1) is 0 Å². The van der Waals surface area contributed by atoms with Gasteiger partial charge in [0, 0.05) is 84.2 Å². The van der Waals surface area contributed by atoms with Gasteiger partial charge in [-0.2, -0.15) is 47.0 Å². The minimum absolute atomic E-state index is 0.0869. The molecule has 2 atom stereocenters. The maximum absolute atomic E-state index is 12.0. The summed E-state index contributed by atoms with van der Waals surface area (Å²) in [6.07, 6.45) is 0. The molecule has 0 heterocycles. The largest absolute Gasteiger partial charge is 0.396 e. The van der Waals surface area contributed by atoms with Crippen LogP contribution < -0.4 is 0 Å². The summed E-state index contributed by atoms with van der Waals surface area (Å²) >= 11 is 10.3. The monoisotopic (exact) mass is 634 g/mol. The molecule has 0 aliphatic heterocycles. The van der Waals surface area contributed by atoms with Crippen LogP contribution >= 0.6 is 82.3 Å². The lowest BCUT2D eigenvalue weighted by Crippen LogP contribution is -2.08. The van der Waals surface area contributed by atoms with Gasteiger partial charge in [0.05, 0.1) is 29.8 Å². The van der Waals surface area contributed by atoms with Gasteiger partial charge in [-0.3, -0.25) is 18.0 Å². The van der Waals surface area contributed by atoms with Gasteiger partial charge in [0.25, 0.3) is 0 Å². The molecule has 6 nitrogen and oxygen atoms in total. The van der Waals surface area contributed by atoms with Crippen LogP contribution in [0.25, 0.3) is 0 Å². The molecule has 15 heteroatoms. The second-order valence-electron chi connectivity index (χ2n) is 5.95. The average Bonchev–Trinajstić information content (AvgIpc) is 2.80. The smallest absolute Gasteiger partial charge is 0.199 e. The predicted molar refractivity (Wildman–Crippen MR) is 162 cm³/mol. The minimum Gasteiger partial charge on any atom is -0.396 e. The van der Waals surface area contributed by atoms with Crippen LogP contribution in [-0.2, 0) is 31.2 Å². The Hall–Kier alpha value is 2.01. The van der Waals surface area contributed by atoms with Crippen LogP contribution in [0.3, 0.4) is 0 Å². The van der Waals surface area contributed by atoms with Crippen LogP contribution in [0.2, 0.25) is 0 Å². The van der Waals surface area contributed by atoms with E-state index >= 15 is 0 Å². The number of thioether (sulfide) groups is 7. The molecule has 196 valence electrons. The molecule has 0 saturated heterocycles.